The van der Waals surface area contributed by atoms with Crippen LogP contribution >= 0.6 is 0 Å². The zero-order chi connectivity index (χ0) is 35.1. The first-order valence-corrected chi connectivity index (χ1v) is 17.0. The van der Waals surface area contributed by atoms with Gasteiger partial charge in [0.05, 0.1) is 72.7 Å². The molecule has 0 fully saturated rings. The van der Waals surface area contributed by atoms with Crippen LogP contribution in [0.3, 0.4) is 0 Å². The Morgan fingerprint density at radius 1 is 0.500 bits per heavy atom. The van der Waals surface area contributed by atoms with Crippen molar-refractivity contribution in [3.05, 3.63) is 95.6 Å². The molecule has 0 atom stereocenters. The number of carbonyl (C=O) groups is 3. The van der Waals surface area contributed by atoms with Gasteiger partial charge in [0.1, 0.15) is 13.2 Å². The molecule has 0 spiro atoms. The minimum atomic E-state index is -0.901. The van der Waals surface area contributed by atoms with Crippen molar-refractivity contribution in [3.8, 4) is 11.1 Å². The van der Waals surface area contributed by atoms with E-state index >= 15 is 0 Å². The van der Waals surface area contributed by atoms with Gasteiger partial charge in [-0.2, -0.15) is 0 Å². The largest absolute Gasteiger partial charge is 0.457 e. The minimum absolute atomic E-state index is 0.00757. The quantitative estimate of drug-likeness (QED) is 0.0553. The molecule has 270 valence electrons. The Balaban J connectivity index is 0.843. The van der Waals surface area contributed by atoms with E-state index in [1.54, 1.807) is 30.3 Å². The maximum Gasteiger partial charge on any atom is 0.407 e. The number of hydrogen-bond donors (Lipinski definition) is 1. The van der Waals surface area contributed by atoms with Crippen LogP contribution < -0.4 is 5.32 Å². The van der Waals surface area contributed by atoms with Crippen molar-refractivity contribution in [1.29, 1.82) is 0 Å². The van der Waals surface area contributed by atoms with Crippen molar-refractivity contribution in [2.45, 2.75) is 12.3 Å². The molecule has 3 aromatic rings. The van der Waals surface area contributed by atoms with Crippen molar-refractivity contribution < 1.29 is 52.3 Å². The summed E-state index contributed by atoms with van der Waals surface area (Å²) >= 11 is 0. The Hall–Kier alpha value is -4.17. The Labute approximate surface area is 293 Å². The predicted octanol–water partition coefficient (Wildman–Crippen LogP) is 4.44. The number of fused-ring (bicyclic) bond motifs is 3. The van der Waals surface area contributed by atoms with Crippen molar-refractivity contribution in [2.75, 3.05) is 99.0 Å². The van der Waals surface area contributed by atoms with Crippen LogP contribution in [0.1, 0.15) is 33.8 Å². The highest BCUT2D eigenvalue weighted by Crippen LogP contribution is 2.44. The van der Waals surface area contributed by atoms with Gasteiger partial charge in [0, 0.05) is 24.6 Å². The van der Waals surface area contributed by atoms with Gasteiger partial charge in [0.2, 0.25) is 0 Å². The van der Waals surface area contributed by atoms with Crippen molar-refractivity contribution in [1.82, 2.24) is 5.32 Å². The van der Waals surface area contributed by atoms with Crippen LogP contribution in [-0.2, 0) is 42.7 Å². The van der Waals surface area contributed by atoms with Gasteiger partial charge in [-0.15, -0.1) is 0 Å². The van der Waals surface area contributed by atoms with Crippen LogP contribution in [-0.4, -0.2) is 117 Å². The number of amides is 1. The average Bonchev–Trinajstić information content (AvgIpc) is 3.47. The fourth-order valence-corrected chi connectivity index (χ4v) is 5.18. The molecule has 1 amide bonds. The van der Waals surface area contributed by atoms with E-state index in [-0.39, 0.29) is 19.1 Å². The van der Waals surface area contributed by atoms with Crippen LogP contribution in [0.2, 0.25) is 0 Å². The second-order valence-electron chi connectivity index (χ2n) is 11.1. The fraction of sp³-hybridized carbons (Fsp3) is 0.447. The topological polar surface area (TPSA) is 137 Å². The van der Waals surface area contributed by atoms with Gasteiger partial charge in [0.15, 0.2) is 0 Å². The van der Waals surface area contributed by atoms with Crippen LogP contribution in [0, 0.1) is 0 Å². The highest BCUT2D eigenvalue weighted by molar-refractivity contribution is 6.40. The molecule has 0 saturated heterocycles. The molecule has 0 aliphatic heterocycles. The van der Waals surface area contributed by atoms with Gasteiger partial charge in [-0.25, -0.2) is 9.59 Å². The minimum Gasteiger partial charge on any atom is -0.457 e. The molecular formula is C38H47NO11. The number of esters is 1. The number of Topliss-reactive ketones (excluding diaryl/α,β-unsaturated/α-hetero) is 1. The first-order valence-electron chi connectivity index (χ1n) is 17.0. The lowest BCUT2D eigenvalue weighted by Gasteiger charge is -2.14. The number of benzene rings is 3. The van der Waals surface area contributed by atoms with Gasteiger partial charge in [-0.05, 0) is 28.7 Å². The molecule has 0 radical (unpaired) electrons. The molecule has 1 aliphatic carbocycles. The molecule has 12 heteroatoms. The maximum atomic E-state index is 12.2. The van der Waals surface area contributed by atoms with E-state index in [0.29, 0.717) is 97.8 Å². The molecule has 0 heterocycles. The summed E-state index contributed by atoms with van der Waals surface area (Å²) in [6.07, 6.45) is 0.246. The van der Waals surface area contributed by atoms with Gasteiger partial charge in [-0.3, -0.25) is 4.79 Å². The second-order valence-corrected chi connectivity index (χ2v) is 11.1. The van der Waals surface area contributed by atoms with Crippen molar-refractivity contribution >= 4 is 17.8 Å². The van der Waals surface area contributed by atoms with Gasteiger partial charge in [-0.1, -0.05) is 78.9 Å². The van der Waals surface area contributed by atoms with Crippen LogP contribution in [0.25, 0.3) is 11.1 Å². The molecule has 0 aromatic heterocycles. The third-order valence-electron chi connectivity index (χ3n) is 7.62. The molecule has 3 aromatic carbocycles. The lowest BCUT2D eigenvalue weighted by Crippen LogP contribution is -2.27. The first-order chi connectivity index (χ1) is 24.6. The smallest absolute Gasteiger partial charge is 0.407 e. The summed E-state index contributed by atoms with van der Waals surface area (Å²) in [5.74, 6) is -1.54. The number of carbonyl (C=O) groups excluding carboxylic acids is 3. The summed E-state index contributed by atoms with van der Waals surface area (Å²) in [5, 5.41) is 2.79. The molecule has 0 saturated carbocycles. The van der Waals surface area contributed by atoms with Gasteiger partial charge < -0.3 is 43.2 Å². The van der Waals surface area contributed by atoms with E-state index in [4.69, 9.17) is 37.9 Å². The summed E-state index contributed by atoms with van der Waals surface area (Å²) in [6, 6.07) is 24.8. The third-order valence-corrected chi connectivity index (χ3v) is 7.62. The summed E-state index contributed by atoms with van der Waals surface area (Å²) in [6.45, 7) is 5.71. The zero-order valence-corrected chi connectivity index (χ0v) is 28.4. The average molecular weight is 694 g/mol. The summed E-state index contributed by atoms with van der Waals surface area (Å²) in [7, 11) is 0. The first kappa shape index (κ1) is 38.6. The summed E-state index contributed by atoms with van der Waals surface area (Å²) in [5.41, 5.74) is 5.07. The lowest BCUT2D eigenvalue weighted by molar-refractivity contribution is -0.139. The SMILES string of the molecule is O=C(NCCCOCCOCCOCCOCCOCCOCCOC(=O)C(=O)c1ccccc1)OCC1c2ccccc2-c2ccccc21. The molecule has 12 nitrogen and oxygen atoms in total. The Morgan fingerprint density at radius 3 is 1.46 bits per heavy atom. The molecule has 1 aliphatic rings. The highest BCUT2D eigenvalue weighted by Gasteiger charge is 2.29. The molecule has 4 rings (SSSR count). The molecule has 1 N–H and O–H groups in total. The van der Waals surface area contributed by atoms with E-state index in [9.17, 15) is 14.4 Å². The number of rotatable bonds is 26. The number of ketones is 1. The van der Waals surface area contributed by atoms with Crippen molar-refractivity contribution in [2.24, 2.45) is 0 Å². The standard InChI is InChI=1S/C38H47NO11/c40-36(30-9-2-1-3-10-30)37(41)49-28-27-48-26-25-47-24-23-46-22-21-45-20-19-44-18-17-43-16-8-15-39-38(42)50-29-35-33-13-6-4-11-31(33)32-12-5-7-14-34(32)35/h1-7,9-14,35H,8,15-29H2,(H,39,42). The fourth-order valence-electron chi connectivity index (χ4n) is 5.18. The van der Waals surface area contributed by atoms with E-state index in [2.05, 4.69) is 29.6 Å². The van der Waals surface area contributed by atoms with E-state index in [1.165, 1.54) is 22.3 Å². The lowest BCUT2D eigenvalue weighted by atomic mass is 9.98. The molecular weight excluding hydrogens is 646 g/mol. The van der Waals surface area contributed by atoms with E-state index in [1.807, 2.05) is 24.3 Å². The van der Waals surface area contributed by atoms with Crippen LogP contribution in [0.4, 0.5) is 4.79 Å². The van der Waals surface area contributed by atoms with Gasteiger partial charge >= 0.3 is 12.1 Å². The molecule has 50 heavy (non-hydrogen) atoms. The maximum absolute atomic E-state index is 12.2. The van der Waals surface area contributed by atoms with Crippen LogP contribution in [0.15, 0.2) is 78.9 Å². The number of alkyl carbamates (subject to hydrolysis) is 1. The van der Waals surface area contributed by atoms with E-state index < -0.39 is 17.8 Å². The number of nitrogens with one attached hydrogen (secondary N) is 1. The monoisotopic (exact) mass is 693 g/mol. The Bertz CT molecular complexity index is 1390. The van der Waals surface area contributed by atoms with Crippen molar-refractivity contribution in [3.63, 3.8) is 0 Å². The Morgan fingerprint density at radius 2 is 0.940 bits per heavy atom. The third kappa shape index (κ3) is 13.6. The normalized spacial score (nSPS) is 11.9. The molecule has 0 unspecified atom stereocenters. The highest BCUT2D eigenvalue weighted by atomic mass is 16.6. The Kier molecular flexibility index (Phi) is 18.0. The number of ether oxygens (including phenoxy) is 8. The van der Waals surface area contributed by atoms with E-state index in [0.717, 1.165) is 0 Å². The zero-order valence-electron chi connectivity index (χ0n) is 28.4. The second kappa shape index (κ2) is 23.3. The summed E-state index contributed by atoms with van der Waals surface area (Å²) in [4.78, 5) is 35.9. The molecule has 0 bridgehead atoms. The van der Waals surface area contributed by atoms with Gasteiger partial charge in [0.25, 0.3) is 5.78 Å². The number of hydrogen-bond acceptors (Lipinski definition) is 11. The summed E-state index contributed by atoms with van der Waals surface area (Å²) < 4.78 is 43.2. The van der Waals surface area contributed by atoms with Crippen LogP contribution in [0.5, 0.6) is 0 Å². The predicted molar refractivity (Wildman–Crippen MR) is 184 cm³/mol.